The Bertz CT molecular complexity index is 272. The molecule has 0 aliphatic rings. The number of rotatable bonds is 4. The molecule has 0 aromatic carbocycles. The molecule has 0 aliphatic carbocycles. The quantitative estimate of drug-likeness (QED) is 0.762. The summed E-state index contributed by atoms with van der Waals surface area (Å²) in [6.45, 7) is 0. The number of hydrogen-bond donors (Lipinski definition) is 0. The molecular formula is C8H8BrClOS. The van der Waals surface area contributed by atoms with Gasteiger partial charge in [-0.25, -0.2) is 0 Å². The molecule has 1 aromatic rings. The second-order valence-corrected chi connectivity index (χ2v) is 5.38. The van der Waals surface area contributed by atoms with Gasteiger partial charge in [-0.1, -0.05) is 0 Å². The van der Waals surface area contributed by atoms with Gasteiger partial charge in [0.1, 0.15) is 0 Å². The zero-order valence-corrected chi connectivity index (χ0v) is 9.51. The monoisotopic (exact) mass is 266 g/mol. The Morgan fingerprint density at radius 2 is 2.33 bits per heavy atom. The highest BCUT2D eigenvalue weighted by Gasteiger charge is 1.99. The Kier molecular flexibility index (Phi) is 4.26. The van der Waals surface area contributed by atoms with Gasteiger partial charge in [-0.3, -0.25) is 4.79 Å². The van der Waals surface area contributed by atoms with Gasteiger partial charge in [0, 0.05) is 11.3 Å². The zero-order chi connectivity index (χ0) is 8.97. The van der Waals surface area contributed by atoms with E-state index in [4.69, 9.17) is 11.6 Å². The minimum Gasteiger partial charge on any atom is -0.281 e. The lowest BCUT2D eigenvalue weighted by molar-refractivity contribution is -0.111. The number of carbonyl (C=O) groups excluding carboxylic acids is 1. The fourth-order valence-corrected chi connectivity index (χ4v) is 2.55. The average molecular weight is 268 g/mol. The van der Waals surface area contributed by atoms with Gasteiger partial charge in [-0.15, -0.1) is 11.3 Å². The molecule has 0 spiro atoms. The first-order chi connectivity index (χ1) is 5.68. The summed E-state index contributed by atoms with van der Waals surface area (Å²) in [7, 11) is 0. The van der Waals surface area contributed by atoms with Crippen LogP contribution in [-0.4, -0.2) is 5.24 Å². The summed E-state index contributed by atoms with van der Waals surface area (Å²) in [5.41, 5.74) is 0. The Hall–Kier alpha value is 0.140. The Balaban J connectivity index is 2.29. The third-order valence-corrected chi connectivity index (χ3v) is 3.30. The highest BCUT2D eigenvalue weighted by Crippen LogP contribution is 2.23. The molecule has 0 amide bonds. The van der Waals surface area contributed by atoms with Gasteiger partial charge in [0.25, 0.3) is 0 Å². The molecule has 66 valence electrons. The minimum absolute atomic E-state index is 0.245. The molecule has 1 rings (SSSR count). The molecule has 12 heavy (non-hydrogen) atoms. The van der Waals surface area contributed by atoms with Crippen LogP contribution in [0.3, 0.4) is 0 Å². The SMILES string of the molecule is O=C(Cl)CCCc1ccc(Br)s1. The van der Waals surface area contributed by atoms with Gasteiger partial charge in [-0.2, -0.15) is 0 Å². The van der Waals surface area contributed by atoms with Crippen LogP contribution in [0, 0.1) is 0 Å². The summed E-state index contributed by atoms with van der Waals surface area (Å²) < 4.78 is 1.13. The van der Waals surface area contributed by atoms with E-state index in [1.807, 2.05) is 6.07 Å². The lowest BCUT2D eigenvalue weighted by atomic mass is 10.2. The van der Waals surface area contributed by atoms with Gasteiger partial charge < -0.3 is 0 Å². The highest BCUT2D eigenvalue weighted by atomic mass is 79.9. The number of hydrogen-bond acceptors (Lipinski definition) is 2. The first-order valence-electron chi connectivity index (χ1n) is 3.61. The number of carbonyl (C=O) groups is 1. The molecule has 0 fully saturated rings. The van der Waals surface area contributed by atoms with Crippen molar-refractivity contribution in [3.8, 4) is 0 Å². The van der Waals surface area contributed by atoms with E-state index in [1.54, 1.807) is 11.3 Å². The van der Waals surface area contributed by atoms with Crippen LogP contribution in [-0.2, 0) is 11.2 Å². The maximum absolute atomic E-state index is 10.4. The Morgan fingerprint density at radius 3 is 2.83 bits per heavy atom. The normalized spacial score (nSPS) is 10.2. The molecule has 0 aliphatic heterocycles. The molecule has 0 radical (unpaired) electrons. The average Bonchev–Trinajstić information content (AvgIpc) is 2.35. The van der Waals surface area contributed by atoms with E-state index in [2.05, 4.69) is 22.0 Å². The van der Waals surface area contributed by atoms with Crippen molar-refractivity contribution < 1.29 is 4.79 Å². The van der Waals surface area contributed by atoms with Gasteiger partial charge in [0.15, 0.2) is 0 Å². The van der Waals surface area contributed by atoms with Crippen molar-refractivity contribution >= 4 is 44.1 Å². The van der Waals surface area contributed by atoms with E-state index in [0.717, 1.165) is 16.6 Å². The molecule has 1 nitrogen and oxygen atoms in total. The second-order valence-electron chi connectivity index (χ2n) is 2.41. The second kappa shape index (κ2) is 5.00. The van der Waals surface area contributed by atoms with Crippen LogP contribution in [0.1, 0.15) is 17.7 Å². The molecule has 0 N–H and O–H groups in total. The lowest BCUT2D eigenvalue weighted by Gasteiger charge is -1.92. The number of halogens is 2. The smallest absolute Gasteiger partial charge is 0.221 e. The topological polar surface area (TPSA) is 17.1 Å². The van der Waals surface area contributed by atoms with Crippen LogP contribution in [0.5, 0.6) is 0 Å². The highest BCUT2D eigenvalue weighted by molar-refractivity contribution is 9.11. The van der Waals surface area contributed by atoms with Crippen LogP contribution < -0.4 is 0 Å². The third kappa shape index (κ3) is 3.70. The van der Waals surface area contributed by atoms with E-state index in [1.165, 1.54) is 4.88 Å². The Morgan fingerprint density at radius 1 is 1.58 bits per heavy atom. The van der Waals surface area contributed by atoms with Crippen LogP contribution in [0.4, 0.5) is 0 Å². The van der Waals surface area contributed by atoms with Gasteiger partial charge in [-0.05, 0) is 52.5 Å². The summed E-state index contributed by atoms with van der Waals surface area (Å²) in [6.07, 6.45) is 2.25. The minimum atomic E-state index is -0.245. The van der Waals surface area contributed by atoms with Crippen molar-refractivity contribution in [3.05, 3.63) is 20.8 Å². The fourth-order valence-electron chi connectivity index (χ4n) is 0.888. The largest absolute Gasteiger partial charge is 0.281 e. The Labute approximate surface area is 88.9 Å². The van der Waals surface area contributed by atoms with E-state index in [-0.39, 0.29) is 5.24 Å². The van der Waals surface area contributed by atoms with Gasteiger partial charge >= 0.3 is 0 Å². The first-order valence-corrected chi connectivity index (χ1v) is 5.60. The fraction of sp³-hybridized carbons (Fsp3) is 0.375. The lowest BCUT2D eigenvalue weighted by Crippen LogP contribution is -1.87. The molecule has 4 heteroatoms. The first kappa shape index (κ1) is 10.2. The van der Waals surface area contributed by atoms with Gasteiger partial charge in [0.2, 0.25) is 5.24 Å². The van der Waals surface area contributed by atoms with Crippen molar-refractivity contribution in [1.82, 2.24) is 0 Å². The zero-order valence-electron chi connectivity index (χ0n) is 6.35. The summed E-state index contributed by atoms with van der Waals surface area (Å²) in [4.78, 5) is 11.7. The maximum Gasteiger partial charge on any atom is 0.221 e. The predicted octanol–water partition coefficient (Wildman–Crippen LogP) is 3.60. The summed E-state index contributed by atoms with van der Waals surface area (Å²) in [5, 5.41) is -0.245. The molecule has 0 saturated heterocycles. The van der Waals surface area contributed by atoms with Crippen LogP contribution in [0.2, 0.25) is 0 Å². The van der Waals surface area contributed by atoms with E-state index >= 15 is 0 Å². The molecule has 1 aromatic heterocycles. The summed E-state index contributed by atoms with van der Waals surface area (Å²) in [5.74, 6) is 0. The molecule has 0 saturated carbocycles. The summed E-state index contributed by atoms with van der Waals surface area (Å²) >= 11 is 10.3. The van der Waals surface area contributed by atoms with Crippen molar-refractivity contribution in [2.45, 2.75) is 19.3 Å². The van der Waals surface area contributed by atoms with Crippen molar-refractivity contribution in [3.63, 3.8) is 0 Å². The van der Waals surface area contributed by atoms with Crippen LogP contribution >= 0.6 is 38.9 Å². The third-order valence-electron chi connectivity index (χ3n) is 1.43. The van der Waals surface area contributed by atoms with Gasteiger partial charge in [0.05, 0.1) is 3.79 Å². The van der Waals surface area contributed by atoms with Crippen LogP contribution in [0.15, 0.2) is 15.9 Å². The van der Waals surface area contributed by atoms with E-state index in [0.29, 0.717) is 6.42 Å². The van der Waals surface area contributed by atoms with Crippen molar-refractivity contribution in [1.29, 1.82) is 0 Å². The standard InChI is InChI=1S/C8H8BrClOS/c9-7-5-4-6(12-7)2-1-3-8(10)11/h4-5H,1-3H2. The van der Waals surface area contributed by atoms with Crippen molar-refractivity contribution in [2.24, 2.45) is 0 Å². The molecule has 0 atom stereocenters. The molecule has 0 bridgehead atoms. The molecular weight excluding hydrogens is 260 g/mol. The van der Waals surface area contributed by atoms with Crippen molar-refractivity contribution in [2.75, 3.05) is 0 Å². The predicted molar refractivity (Wildman–Crippen MR) is 55.8 cm³/mol. The summed E-state index contributed by atoms with van der Waals surface area (Å²) in [6, 6.07) is 4.08. The number of thiophene rings is 1. The molecule has 0 unspecified atom stereocenters. The van der Waals surface area contributed by atoms with E-state index < -0.39 is 0 Å². The van der Waals surface area contributed by atoms with Crippen LogP contribution in [0.25, 0.3) is 0 Å². The maximum atomic E-state index is 10.4. The number of aryl methyl sites for hydroxylation is 1. The van der Waals surface area contributed by atoms with E-state index in [9.17, 15) is 4.79 Å². The molecule has 1 heterocycles.